The predicted molar refractivity (Wildman–Crippen MR) is 48.4 cm³/mol. The van der Waals surface area contributed by atoms with Gasteiger partial charge in [0.2, 0.25) is 0 Å². The van der Waals surface area contributed by atoms with Gasteiger partial charge >= 0.3 is 0 Å². The van der Waals surface area contributed by atoms with Crippen LogP contribution in [0.25, 0.3) is 10.8 Å². The quantitative estimate of drug-likeness (QED) is 0.636. The van der Waals surface area contributed by atoms with Crippen LogP contribution in [0.3, 0.4) is 0 Å². The standard InChI is InChI=1S/C10H9NO/c1-7-10-3-2-8(6-12)4-9(10)5-11-7/h2-6,11H,1H3. The van der Waals surface area contributed by atoms with Gasteiger partial charge in [0, 0.05) is 28.2 Å². The molecule has 0 aliphatic rings. The highest BCUT2D eigenvalue weighted by atomic mass is 16.1. The second kappa shape index (κ2) is 2.48. The van der Waals surface area contributed by atoms with Crippen molar-refractivity contribution in [2.75, 3.05) is 0 Å². The minimum atomic E-state index is 0.724. The van der Waals surface area contributed by atoms with Gasteiger partial charge in [-0.3, -0.25) is 4.79 Å². The Hall–Kier alpha value is -1.57. The maximum Gasteiger partial charge on any atom is 0.150 e. The SMILES string of the molecule is Cc1[nH]cc2cc(C=O)ccc12. The fraction of sp³-hybridized carbons (Fsp3) is 0.100. The first kappa shape index (κ1) is 7.10. The molecule has 1 aromatic carbocycles. The molecule has 1 aromatic heterocycles. The molecule has 1 heterocycles. The predicted octanol–water partition coefficient (Wildman–Crippen LogP) is 2.29. The Labute approximate surface area is 70.2 Å². The zero-order valence-corrected chi connectivity index (χ0v) is 6.79. The molecule has 0 aliphatic carbocycles. The smallest absolute Gasteiger partial charge is 0.150 e. The Morgan fingerprint density at radius 2 is 2.25 bits per heavy atom. The van der Waals surface area contributed by atoms with E-state index in [0.29, 0.717) is 0 Å². The van der Waals surface area contributed by atoms with Crippen molar-refractivity contribution in [2.24, 2.45) is 0 Å². The molecule has 2 aromatic rings. The monoisotopic (exact) mass is 159 g/mol. The van der Waals surface area contributed by atoms with Crippen molar-refractivity contribution in [2.45, 2.75) is 6.92 Å². The molecule has 2 rings (SSSR count). The summed E-state index contributed by atoms with van der Waals surface area (Å²) < 4.78 is 0. The van der Waals surface area contributed by atoms with Crippen molar-refractivity contribution < 1.29 is 4.79 Å². The largest absolute Gasteiger partial charge is 0.364 e. The lowest BCUT2D eigenvalue weighted by Gasteiger charge is -1.91. The summed E-state index contributed by atoms with van der Waals surface area (Å²) in [4.78, 5) is 13.6. The van der Waals surface area contributed by atoms with Crippen molar-refractivity contribution in [3.63, 3.8) is 0 Å². The molecular weight excluding hydrogens is 150 g/mol. The minimum absolute atomic E-state index is 0.724. The third-order valence-electron chi connectivity index (χ3n) is 2.06. The maximum atomic E-state index is 10.4. The molecule has 1 N–H and O–H groups in total. The van der Waals surface area contributed by atoms with E-state index in [1.807, 2.05) is 31.3 Å². The molecular formula is C10H9NO. The van der Waals surface area contributed by atoms with Gasteiger partial charge in [-0.15, -0.1) is 0 Å². The number of hydrogen-bond donors (Lipinski definition) is 1. The number of aromatic amines is 1. The van der Waals surface area contributed by atoms with E-state index >= 15 is 0 Å². The van der Waals surface area contributed by atoms with Gasteiger partial charge in [-0.1, -0.05) is 12.1 Å². The van der Waals surface area contributed by atoms with Gasteiger partial charge in [-0.25, -0.2) is 0 Å². The lowest BCUT2D eigenvalue weighted by atomic mass is 10.1. The van der Waals surface area contributed by atoms with Crippen molar-refractivity contribution >= 4 is 17.1 Å². The van der Waals surface area contributed by atoms with Crippen LogP contribution in [-0.2, 0) is 0 Å². The van der Waals surface area contributed by atoms with Crippen molar-refractivity contribution in [3.8, 4) is 0 Å². The summed E-state index contributed by atoms with van der Waals surface area (Å²) in [5, 5.41) is 2.28. The molecule has 0 aliphatic heterocycles. The van der Waals surface area contributed by atoms with E-state index in [2.05, 4.69) is 4.98 Å². The highest BCUT2D eigenvalue weighted by Gasteiger charge is 1.98. The van der Waals surface area contributed by atoms with Gasteiger partial charge < -0.3 is 4.98 Å². The van der Waals surface area contributed by atoms with Crippen molar-refractivity contribution in [1.29, 1.82) is 0 Å². The number of aryl methyl sites for hydroxylation is 1. The zero-order valence-electron chi connectivity index (χ0n) is 6.79. The molecule has 0 saturated carbocycles. The number of fused-ring (bicyclic) bond motifs is 1. The van der Waals surface area contributed by atoms with Gasteiger partial charge in [0.25, 0.3) is 0 Å². The van der Waals surface area contributed by atoms with Gasteiger partial charge in [-0.2, -0.15) is 0 Å². The summed E-state index contributed by atoms with van der Waals surface area (Å²) in [6.07, 6.45) is 2.78. The molecule has 0 fully saturated rings. The van der Waals surface area contributed by atoms with Crippen LogP contribution < -0.4 is 0 Å². The first-order chi connectivity index (χ1) is 5.81. The molecule has 0 bridgehead atoms. The van der Waals surface area contributed by atoms with Gasteiger partial charge in [0.15, 0.2) is 0 Å². The molecule has 60 valence electrons. The Balaban J connectivity index is 2.77. The number of H-pyrrole nitrogens is 1. The number of hydrogen-bond acceptors (Lipinski definition) is 1. The molecule has 0 radical (unpaired) electrons. The van der Waals surface area contributed by atoms with E-state index in [-0.39, 0.29) is 0 Å². The normalized spacial score (nSPS) is 10.4. The van der Waals surface area contributed by atoms with E-state index in [9.17, 15) is 4.79 Å². The Bertz CT molecular complexity index is 428. The zero-order chi connectivity index (χ0) is 8.55. The van der Waals surface area contributed by atoms with Crippen LogP contribution in [0.5, 0.6) is 0 Å². The highest BCUT2D eigenvalue weighted by molar-refractivity contribution is 5.90. The van der Waals surface area contributed by atoms with Crippen molar-refractivity contribution in [1.82, 2.24) is 4.98 Å². The number of aldehydes is 1. The lowest BCUT2D eigenvalue weighted by Crippen LogP contribution is -1.77. The first-order valence-electron chi connectivity index (χ1n) is 3.84. The summed E-state index contributed by atoms with van der Waals surface area (Å²) in [5.74, 6) is 0. The number of nitrogens with one attached hydrogen (secondary N) is 1. The molecule has 0 spiro atoms. The van der Waals surface area contributed by atoms with Crippen LogP contribution >= 0.6 is 0 Å². The first-order valence-corrected chi connectivity index (χ1v) is 3.84. The second-order valence-corrected chi connectivity index (χ2v) is 2.88. The van der Waals surface area contributed by atoms with Crippen LogP contribution in [0.15, 0.2) is 24.4 Å². The summed E-state index contributed by atoms with van der Waals surface area (Å²) in [7, 11) is 0. The molecule has 12 heavy (non-hydrogen) atoms. The number of carbonyl (C=O) groups excluding carboxylic acids is 1. The average molecular weight is 159 g/mol. The third kappa shape index (κ3) is 0.925. The highest BCUT2D eigenvalue weighted by Crippen LogP contribution is 2.18. The topological polar surface area (TPSA) is 32.9 Å². The lowest BCUT2D eigenvalue weighted by molar-refractivity contribution is 0.112. The number of rotatable bonds is 1. The van der Waals surface area contributed by atoms with Crippen molar-refractivity contribution in [3.05, 3.63) is 35.7 Å². The Morgan fingerprint density at radius 3 is 3.00 bits per heavy atom. The second-order valence-electron chi connectivity index (χ2n) is 2.88. The van der Waals surface area contributed by atoms with E-state index in [4.69, 9.17) is 0 Å². The molecule has 0 unspecified atom stereocenters. The summed E-state index contributed by atoms with van der Waals surface area (Å²) in [6, 6.07) is 5.67. The van der Waals surface area contributed by atoms with E-state index in [0.717, 1.165) is 22.9 Å². The molecule has 2 nitrogen and oxygen atoms in total. The van der Waals surface area contributed by atoms with E-state index in [1.165, 1.54) is 5.39 Å². The fourth-order valence-corrected chi connectivity index (χ4v) is 1.38. The fourth-order valence-electron chi connectivity index (χ4n) is 1.38. The van der Waals surface area contributed by atoms with E-state index in [1.54, 1.807) is 0 Å². The van der Waals surface area contributed by atoms with Gasteiger partial charge in [0.1, 0.15) is 6.29 Å². The molecule has 2 heteroatoms. The van der Waals surface area contributed by atoms with Crippen LogP contribution in [-0.4, -0.2) is 11.3 Å². The Kier molecular flexibility index (Phi) is 1.47. The summed E-state index contributed by atoms with van der Waals surface area (Å²) in [6.45, 7) is 2.02. The Morgan fingerprint density at radius 1 is 1.42 bits per heavy atom. The molecule has 0 saturated heterocycles. The molecule has 0 atom stereocenters. The number of benzene rings is 1. The van der Waals surface area contributed by atoms with Crippen LogP contribution in [0.4, 0.5) is 0 Å². The van der Waals surface area contributed by atoms with Crippen LogP contribution in [0, 0.1) is 6.92 Å². The molecule has 0 amide bonds. The third-order valence-corrected chi connectivity index (χ3v) is 2.06. The average Bonchev–Trinajstić information content (AvgIpc) is 2.47. The van der Waals surface area contributed by atoms with Crippen LogP contribution in [0.1, 0.15) is 16.1 Å². The number of aromatic nitrogens is 1. The van der Waals surface area contributed by atoms with Gasteiger partial charge in [0.05, 0.1) is 0 Å². The number of carbonyl (C=O) groups is 1. The summed E-state index contributed by atoms with van der Waals surface area (Å²) in [5.41, 5.74) is 1.86. The minimum Gasteiger partial charge on any atom is -0.364 e. The summed E-state index contributed by atoms with van der Waals surface area (Å²) >= 11 is 0. The van der Waals surface area contributed by atoms with E-state index < -0.39 is 0 Å². The van der Waals surface area contributed by atoms with Gasteiger partial charge in [-0.05, 0) is 13.0 Å². The maximum absolute atomic E-state index is 10.4. The van der Waals surface area contributed by atoms with Crippen LogP contribution in [0.2, 0.25) is 0 Å².